The summed E-state index contributed by atoms with van der Waals surface area (Å²) >= 11 is 0. The number of nitrogens with one attached hydrogen (secondary N) is 2. The van der Waals surface area contributed by atoms with Crippen molar-refractivity contribution in [3.05, 3.63) is 72.0 Å². The Morgan fingerprint density at radius 3 is 2.54 bits per heavy atom. The molecule has 144 valence electrons. The van der Waals surface area contributed by atoms with E-state index in [1.54, 1.807) is 19.4 Å². The first-order valence-corrected chi connectivity index (χ1v) is 9.20. The summed E-state index contributed by atoms with van der Waals surface area (Å²) in [5.41, 5.74) is 2.50. The lowest BCUT2D eigenvalue weighted by Gasteiger charge is -2.38. The Kier molecular flexibility index (Phi) is 4.69. The Morgan fingerprint density at radius 1 is 1.07 bits per heavy atom. The van der Waals surface area contributed by atoms with E-state index in [1.807, 2.05) is 67.3 Å². The van der Waals surface area contributed by atoms with Crippen LogP contribution < -0.4 is 19.7 Å². The van der Waals surface area contributed by atoms with Crippen molar-refractivity contribution in [2.45, 2.75) is 26.1 Å². The van der Waals surface area contributed by atoms with Crippen LogP contribution in [0.3, 0.4) is 0 Å². The molecule has 6 heteroatoms. The van der Waals surface area contributed by atoms with E-state index in [0.29, 0.717) is 17.3 Å². The number of methoxy groups -OCH3 is 1. The number of anilines is 2. The summed E-state index contributed by atoms with van der Waals surface area (Å²) in [5.74, 6) is 2.48. The van der Waals surface area contributed by atoms with Gasteiger partial charge in [0, 0.05) is 11.3 Å². The zero-order valence-electron chi connectivity index (χ0n) is 16.1. The van der Waals surface area contributed by atoms with Gasteiger partial charge in [0.25, 0.3) is 0 Å². The monoisotopic (exact) mass is 377 g/mol. The standard InChI is InChI=1S/C22H23N3O3/c1-14(2)28-16-10-8-15(9-11-16)25-20(23)18-12-13-27-22(18)24-21(25)17-6-4-5-7-19(17)26-3/h4-14,21,23-24H,1-3H3. The number of ether oxygens (including phenoxy) is 2. The van der Waals surface area contributed by atoms with Crippen LogP contribution in [0.1, 0.15) is 31.1 Å². The number of fused-ring (bicyclic) bond motifs is 1. The zero-order valence-corrected chi connectivity index (χ0v) is 16.1. The van der Waals surface area contributed by atoms with E-state index in [1.165, 1.54) is 0 Å². The lowest BCUT2D eigenvalue weighted by Crippen LogP contribution is -2.42. The van der Waals surface area contributed by atoms with E-state index in [-0.39, 0.29) is 12.3 Å². The number of hydrogen-bond acceptors (Lipinski definition) is 5. The topological polar surface area (TPSA) is 70.7 Å². The maximum atomic E-state index is 8.81. The molecule has 0 amide bonds. The Labute approximate surface area is 164 Å². The quantitative estimate of drug-likeness (QED) is 0.652. The summed E-state index contributed by atoms with van der Waals surface area (Å²) in [4.78, 5) is 1.93. The van der Waals surface area contributed by atoms with Gasteiger partial charge < -0.3 is 24.1 Å². The van der Waals surface area contributed by atoms with Crippen molar-refractivity contribution in [3.8, 4) is 11.5 Å². The van der Waals surface area contributed by atoms with Gasteiger partial charge in [-0.15, -0.1) is 0 Å². The molecule has 4 rings (SSSR count). The number of para-hydroxylation sites is 1. The highest BCUT2D eigenvalue weighted by molar-refractivity contribution is 6.13. The van der Waals surface area contributed by atoms with Gasteiger partial charge in [-0.3, -0.25) is 5.41 Å². The van der Waals surface area contributed by atoms with Crippen LogP contribution in [0.15, 0.2) is 65.3 Å². The van der Waals surface area contributed by atoms with Gasteiger partial charge in [-0.25, -0.2) is 0 Å². The summed E-state index contributed by atoms with van der Waals surface area (Å²) in [6.07, 6.45) is 1.35. The lowest BCUT2D eigenvalue weighted by molar-refractivity contribution is 0.242. The van der Waals surface area contributed by atoms with Crippen LogP contribution in [0.5, 0.6) is 11.5 Å². The van der Waals surface area contributed by atoms with E-state index >= 15 is 0 Å². The van der Waals surface area contributed by atoms with Gasteiger partial charge in [-0.05, 0) is 50.2 Å². The molecule has 2 heterocycles. The molecule has 2 N–H and O–H groups in total. The van der Waals surface area contributed by atoms with Crippen molar-refractivity contribution in [1.29, 1.82) is 5.41 Å². The van der Waals surface area contributed by atoms with Crippen LogP contribution >= 0.6 is 0 Å². The summed E-state index contributed by atoms with van der Waals surface area (Å²) in [6.45, 7) is 3.99. The molecule has 2 aromatic carbocycles. The van der Waals surface area contributed by atoms with Gasteiger partial charge in [0.1, 0.15) is 23.5 Å². The van der Waals surface area contributed by atoms with Crippen LogP contribution in [0.4, 0.5) is 11.6 Å². The third-order valence-corrected chi connectivity index (χ3v) is 4.61. The number of amidine groups is 1. The van der Waals surface area contributed by atoms with Crippen molar-refractivity contribution in [2.24, 2.45) is 0 Å². The largest absolute Gasteiger partial charge is 0.496 e. The fraction of sp³-hybridized carbons (Fsp3) is 0.227. The summed E-state index contributed by atoms with van der Waals surface area (Å²) in [7, 11) is 1.65. The van der Waals surface area contributed by atoms with Gasteiger partial charge in [0.15, 0.2) is 0 Å². The molecule has 6 nitrogen and oxygen atoms in total. The molecule has 0 saturated heterocycles. The molecule has 0 bridgehead atoms. The molecule has 0 saturated carbocycles. The fourth-order valence-corrected chi connectivity index (χ4v) is 3.40. The Bertz CT molecular complexity index is 979. The molecule has 1 aliphatic rings. The predicted octanol–water partition coefficient (Wildman–Crippen LogP) is 5.03. The van der Waals surface area contributed by atoms with Gasteiger partial charge in [0.2, 0.25) is 5.88 Å². The fourth-order valence-electron chi connectivity index (χ4n) is 3.40. The lowest BCUT2D eigenvalue weighted by atomic mass is 10.0. The third-order valence-electron chi connectivity index (χ3n) is 4.61. The van der Waals surface area contributed by atoms with E-state index in [0.717, 1.165) is 22.7 Å². The molecular weight excluding hydrogens is 354 g/mol. The Balaban J connectivity index is 1.78. The number of benzene rings is 2. The maximum Gasteiger partial charge on any atom is 0.205 e. The molecule has 1 atom stereocenters. The molecule has 0 aliphatic carbocycles. The Hall–Kier alpha value is -3.41. The second kappa shape index (κ2) is 7.31. The Morgan fingerprint density at radius 2 is 1.82 bits per heavy atom. The highest BCUT2D eigenvalue weighted by atomic mass is 16.5. The smallest absolute Gasteiger partial charge is 0.205 e. The number of nitrogens with zero attached hydrogens (tertiary/aromatic N) is 1. The second-order valence-corrected chi connectivity index (χ2v) is 6.83. The average Bonchev–Trinajstić information content (AvgIpc) is 3.17. The SMILES string of the molecule is COc1ccccc1C1Nc2occc2C(=N)N1c1ccc(OC(C)C)cc1. The van der Waals surface area contributed by atoms with E-state index < -0.39 is 0 Å². The van der Waals surface area contributed by atoms with Crippen LogP contribution in [-0.4, -0.2) is 19.0 Å². The van der Waals surface area contributed by atoms with Crippen molar-refractivity contribution in [2.75, 3.05) is 17.3 Å². The summed E-state index contributed by atoms with van der Waals surface area (Å²) in [5, 5.41) is 12.2. The number of furan rings is 1. The van der Waals surface area contributed by atoms with Crippen molar-refractivity contribution in [3.63, 3.8) is 0 Å². The molecule has 1 aliphatic heterocycles. The molecule has 0 spiro atoms. The van der Waals surface area contributed by atoms with Crippen LogP contribution in [-0.2, 0) is 0 Å². The first-order chi connectivity index (χ1) is 13.6. The van der Waals surface area contributed by atoms with E-state index in [2.05, 4.69) is 5.32 Å². The van der Waals surface area contributed by atoms with Crippen LogP contribution in [0.25, 0.3) is 0 Å². The molecule has 3 aromatic rings. The first-order valence-electron chi connectivity index (χ1n) is 9.20. The minimum atomic E-state index is -0.348. The summed E-state index contributed by atoms with van der Waals surface area (Å²) in [6, 6.07) is 17.3. The van der Waals surface area contributed by atoms with Crippen molar-refractivity contribution in [1.82, 2.24) is 0 Å². The van der Waals surface area contributed by atoms with Crippen molar-refractivity contribution < 1.29 is 13.9 Å². The average molecular weight is 377 g/mol. The van der Waals surface area contributed by atoms with Gasteiger partial charge in [-0.1, -0.05) is 18.2 Å². The van der Waals surface area contributed by atoms with Crippen molar-refractivity contribution >= 4 is 17.4 Å². The maximum absolute atomic E-state index is 8.81. The molecule has 1 aromatic heterocycles. The van der Waals surface area contributed by atoms with Gasteiger partial charge >= 0.3 is 0 Å². The molecule has 0 fully saturated rings. The van der Waals surface area contributed by atoms with Crippen LogP contribution in [0.2, 0.25) is 0 Å². The number of hydrogen-bond donors (Lipinski definition) is 2. The molecular formula is C22H23N3O3. The minimum Gasteiger partial charge on any atom is -0.496 e. The minimum absolute atomic E-state index is 0.107. The number of rotatable bonds is 5. The van der Waals surface area contributed by atoms with Crippen LogP contribution in [0, 0.1) is 5.41 Å². The highest BCUT2D eigenvalue weighted by Crippen LogP contribution is 2.40. The van der Waals surface area contributed by atoms with E-state index in [9.17, 15) is 0 Å². The third kappa shape index (κ3) is 3.17. The van der Waals surface area contributed by atoms with Gasteiger partial charge in [-0.2, -0.15) is 0 Å². The highest BCUT2D eigenvalue weighted by Gasteiger charge is 2.35. The zero-order chi connectivity index (χ0) is 19.7. The second-order valence-electron chi connectivity index (χ2n) is 6.83. The van der Waals surface area contributed by atoms with E-state index in [4.69, 9.17) is 19.3 Å². The molecule has 0 radical (unpaired) electrons. The first kappa shape index (κ1) is 18.0. The summed E-state index contributed by atoms with van der Waals surface area (Å²) < 4.78 is 16.9. The normalized spacial score (nSPS) is 15.9. The predicted molar refractivity (Wildman–Crippen MR) is 110 cm³/mol. The van der Waals surface area contributed by atoms with Gasteiger partial charge in [0.05, 0.1) is 25.0 Å². The molecule has 28 heavy (non-hydrogen) atoms. The molecule has 1 unspecified atom stereocenters.